The van der Waals surface area contributed by atoms with Crippen LogP contribution < -0.4 is 5.32 Å². The molecule has 2 unspecified atom stereocenters. The molecule has 2 aromatic rings. The van der Waals surface area contributed by atoms with Crippen LogP contribution in [0.1, 0.15) is 24.8 Å². The van der Waals surface area contributed by atoms with E-state index in [1.165, 1.54) is 12.8 Å². The van der Waals surface area contributed by atoms with Crippen molar-refractivity contribution in [3.8, 4) is 5.82 Å². The molecule has 2 bridgehead atoms. The van der Waals surface area contributed by atoms with Gasteiger partial charge in [0, 0.05) is 50.3 Å². The van der Waals surface area contributed by atoms with E-state index in [1.807, 2.05) is 27.8 Å². The van der Waals surface area contributed by atoms with Crippen molar-refractivity contribution in [1.29, 1.82) is 0 Å². The molecule has 0 spiro atoms. The summed E-state index contributed by atoms with van der Waals surface area (Å²) >= 11 is 0. The predicted molar refractivity (Wildman–Crippen MR) is 94.4 cm³/mol. The zero-order chi connectivity index (χ0) is 17.2. The number of hydrogen-bond donors (Lipinski definition) is 1. The quantitative estimate of drug-likeness (QED) is 0.923. The summed E-state index contributed by atoms with van der Waals surface area (Å²) in [7, 11) is 2.19. The van der Waals surface area contributed by atoms with Crippen LogP contribution in [0.2, 0.25) is 0 Å². The number of urea groups is 1. The van der Waals surface area contributed by atoms with E-state index in [1.54, 1.807) is 18.7 Å². The van der Waals surface area contributed by atoms with Crippen LogP contribution >= 0.6 is 0 Å². The summed E-state index contributed by atoms with van der Waals surface area (Å²) in [5.74, 6) is 0.819. The van der Waals surface area contributed by atoms with Gasteiger partial charge in [0.15, 0.2) is 0 Å². The van der Waals surface area contributed by atoms with Crippen LogP contribution in [0.3, 0.4) is 0 Å². The number of nitrogens with zero attached hydrogens (tertiary/aromatic N) is 5. The van der Waals surface area contributed by atoms with Crippen LogP contribution in [-0.4, -0.2) is 62.6 Å². The lowest BCUT2D eigenvalue weighted by atomic mass is 10.1. The maximum absolute atomic E-state index is 12.5. The average Bonchev–Trinajstić information content (AvgIpc) is 3.22. The van der Waals surface area contributed by atoms with Crippen LogP contribution in [0, 0.1) is 0 Å². The summed E-state index contributed by atoms with van der Waals surface area (Å²) in [4.78, 5) is 25.4. The van der Waals surface area contributed by atoms with Gasteiger partial charge in [-0.25, -0.2) is 14.8 Å². The molecule has 0 saturated carbocycles. The molecule has 0 aromatic carbocycles. The Labute approximate surface area is 147 Å². The second-order valence-electron chi connectivity index (χ2n) is 6.94. The predicted octanol–water partition coefficient (Wildman–Crippen LogP) is 1.65. The smallest absolute Gasteiger partial charge is 0.317 e. The molecule has 2 saturated heterocycles. The molecule has 0 aliphatic carbocycles. The summed E-state index contributed by atoms with van der Waals surface area (Å²) in [5.41, 5.74) is 0.991. The van der Waals surface area contributed by atoms with Crippen molar-refractivity contribution in [2.24, 2.45) is 0 Å². The third kappa shape index (κ3) is 3.37. The fourth-order valence-electron chi connectivity index (χ4n) is 3.85. The van der Waals surface area contributed by atoms with Crippen molar-refractivity contribution in [3.63, 3.8) is 0 Å². The number of likely N-dealkylation sites (tertiary alicyclic amines) is 1. The molecule has 0 radical (unpaired) electrons. The monoisotopic (exact) mass is 340 g/mol. The second-order valence-corrected chi connectivity index (χ2v) is 6.94. The zero-order valence-electron chi connectivity index (χ0n) is 14.5. The van der Waals surface area contributed by atoms with Gasteiger partial charge in [0.1, 0.15) is 12.1 Å². The zero-order valence-corrected chi connectivity index (χ0v) is 14.5. The fourth-order valence-corrected chi connectivity index (χ4v) is 3.85. The largest absolute Gasteiger partial charge is 0.334 e. The van der Waals surface area contributed by atoms with Gasteiger partial charge in [-0.2, -0.15) is 0 Å². The SMILES string of the molecule is CN1C2CCC1CN(C(=O)NCc1ccc(-n3ccnc3)nc1)CC2. The third-order valence-electron chi connectivity index (χ3n) is 5.46. The molecule has 2 amide bonds. The molecule has 2 aliphatic rings. The van der Waals surface area contributed by atoms with E-state index >= 15 is 0 Å². The minimum Gasteiger partial charge on any atom is -0.334 e. The van der Waals surface area contributed by atoms with E-state index in [9.17, 15) is 4.79 Å². The summed E-state index contributed by atoms with van der Waals surface area (Å²) in [6.07, 6.45) is 10.6. The highest BCUT2D eigenvalue weighted by Gasteiger charge is 2.35. The topological polar surface area (TPSA) is 66.3 Å². The average molecular weight is 340 g/mol. The Bertz CT molecular complexity index is 714. The first-order valence-corrected chi connectivity index (χ1v) is 8.88. The first kappa shape index (κ1) is 16.1. The minimum absolute atomic E-state index is 0.0274. The van der Waals surface area contributed by atoms with E-state index in [2.05, 4.69) is 27.2 Å². The lowest BCUT2D eigenvalue weighted by Gasteiger charge is -2.26. The van der Waals surface area contributed by atoms with Gasteiger partial charge in [-0.15, -0.1) is 0 Å². The molecule has 4 heterocycles. The van der Waals surface area contributed by atoms with Gasteiger partial charge in [-0.3, -0.25) is 9.47 Å². The normalized spacial score (nSPS) is 23.5. The Hall–Kier alpha value is -2.41. The van der Waals surface area contributed by atoms with Crippen molar-refractivity contribution in [1.82, 2.24) is 29.7 Å². The number of likely N-dealkylation sites (N-methyl/N-ethyl adjacent to an activating group) is 1. The number of carbonyl (C=O) groups is 1. The van der Waals surface area contributed by atoms with Crippen molar-refractivity contribution in [3.05, 3.63) is 42.6 Å². The maximum Gasteiger partial charge on any atom is 0.317 e. The summed E-state index contributed by atoms with van der Waals surface area (Å²) < 4.78 is 1.85. The van der Waals surface area contributed by atoms with Crippen molar-refractivity contribution in [2.75, 3.05) is 20.1 Å². The lowest BCUT2D eigenvalue weighted by Crippen LogP contribution is -2.44. The number of carbonyl (C=O) groups excluding carboxylic acids is 1. The fraction of sp³-hybridized carbons (Fsp3) is 0.500. The van der Waals surface area contributed by atoms with Crippen molar-refractivity contribution in [2.45, 2.75) is 37.9 Å². The number of aromatic nitrogens is 3. The van der Waals surface area contributed by atoms with Crippen LogP contribution in [0.25, 0.3) is 5.82 Å². The van der Waals surface area contributed by atoms with Gasteiger partial charge >= 0.3 is 6.03 Å². The first-order valence-electron chi connectivity index (χ1n) is 8.88. The van der Waals surface area contributed by atoms with Crippen LogP contribution in [0.4, 0.5) is 4.79 Å². The molecule has 2 aliphatic heterocycles. The van der Waals surface area contributed by atoms with Crippen LogP contribution in [0.15, 0.2) is 37.1 Å². The summed E-state index contributed by atoms with van der Waals surface area (Å²) in [6.45, 7) is 2.17. The van der Waals surface area contributed by atoms with Crippen LogP contribution in [-0.2, 0) is 6.54 Å². The number of fused-ring (bicyclic) bond motifs is 2. The van der Waals surface area contributed by atoms with E-state index in [4.69, 9.17) is 0 Å². The summed E-state index contributed by atoms with van der Waals surface area (Å²) in [6, 6.07) is 5.10. The van der Waals surface area contributed by atoms with E-state index in [0.29, 0.717) is 18.6 Å². The van der Waals surface area contributed by atoms with Gasteiger partial charge in [-0.05, 0) is 37.9 Å². The molecular formula is C18H24N6O. The highest BCUT2D eigenvalue weighted by atomic mass is 16.2. The molecule has 7 nitrogen and oxygen atoms in total. The van der Waals surface area contributed by atoms with Gasteiger partial charge in [0.05, 0.1) is 0 Å². The van der Waals surface area contributed by atoms with Crippen molar-refractivity contribution < 1.29 is 4.79 Å². The standard InChI is InChI=1S/C18H24N6O/c1-22-15-3-4-16(22)12-23(8-6-15)18(25)21-11-14-2-5-17(20-10-14)24-9-7-19-13-24/h2,5,7,9-10,13,15-16H,3-4,6,8,11-12H2,1H3,(H,21,25). The van der Waals surface area contributed by atoms with E-state index < -0.39 is 0 Å². The molecule has 25 heavy (non-hydrogen) atoms. The third-order valence-corrected chi connectivity index (χ3v) is 5.46. The Morgan fingerprint density at radius 3 is 2.92 bits per heavy atom. The number of imidazole rings is 1. The molecular weight excluding hydrogens is 316 g/mol. The summed E-state index contributed by atoms with van der Waals surface area (Å²) in [5, 5.41) is 3.03. The number of hydrogen-bond acceptors (Lipinski definition) is 4. The van der Waals surface area contributed by atoms with Gasteiger partial charge in [0.2, 0.25) is 0 Å². The van der Waals surface area contributed by atoms with E-state index in [0.717, 1.165) is 30.9 Å². The van der Waals surface area contributed by atoms with Gasteiger partial charge < -0.3 is 10.2 Å². The number of rotatable bonds is 3. The Balaban J connectivity index is 1.33. The number of pyridine rings is 1. The van der Waals surface area contributed by atoms with Gasteiger partial charge in [0.25, 0.3) is 0 Å². The highest BCUT2D eigenvalue weighted by molar-refractivity contribution is 5.74. The van der Waals surface area contributed by atoms with Gasteiger partial charge in [-0.1, -0.05) is 6.07 Å². The molecule has 2 aromatic heterocycles. The van der Waals surface area contributed by atoms with E-state index in [-0.39, 0.29) is 6.03 Å². The second kappa shape index (κ2) is 6.84. The Morgan fingerprint density at radius 1 is 1.28 bits per heavy atom. The molecule has 4 rings (SSSR count). The highest BCUT2D eigenvalue weighted by Crippen LogP contribution is 2.28. The molecule has 1 N–H and O–H groups in total. The number of amides is 2. The molecule has 132 valence electrons. The number of nitrogens with one attached hydrogen (secondary N) is 1. The lowest BCUT2D eigenvalue weighted by molar-refractivity contribution is 0.188. The molecule has 2 fully saturated rings. The molecule has 7 heteroatoms. The molecule has 2 atom stereocenters. The van der Waals surface area contributed by atoms with Crippen LogP contribution in [0.5, 0.6) is 0 Å². The minimum atomic E-state index is 0.0274. The Morgan fingerprint density at radius 2 is 2.16 bits per heavy atom. The Kier molecular flexibility index (Phi) is 4.40. The first-order chi connectivity index (χ1) is 12.2. The maximum atomic E-state index is 12.5. The van der Waals surface area contributed by atoms with Crippen molar-refractivity contribution >= 4 is 6.03 Å².